The zero-order chi connectivity index (χ0) is 24.6. The molecule has 8 heteroatoms. The molecule has 35 heavy (non-hydrogen) atoms. The van der Waals surface area contributed by atoms with Crippen LogP contribution in [0.3, 0.4) is 0 Å². The van der Waals surface area contributed by atoms with Gasteiger partial charge in [-0.25, -0.2) is 4.98 Å². The van der Waals surface area contributed by atoms with E-state index in [2.05, 4.69) is 22.1 Å². The van der Waals surface area contributed by atoms with E-state index in [1.807, 2.05) is 42.5 Å². The van der Waals surface area contributed by atoms with Crippen LogP contribution in [0.4, 0.5) is 0 Å². The molecule has 0 spiro atoms. The second-order valence-corrected chi connectivity index (χ2v) is 9.05. The largest absolute Gasteiger partial charge is 0.497 e. The number of amides is 2. The molecule has 0 unspecified atom stereocenters. The summed E-state index contributed by atoms with van der Waals surface area (Å²) >= 11 is 1.49. The minimum Gasteiger partial charge on any atom is -0.497 e. The quantitative estimate of drug-likeness (QED) is 0.532. The molecule has 0 bridgehead atoms. The molecule has 1 fully saturated rings. The molecule has 2 amide bonds. The summed E-state index contributed by atoms with van der Waals surface area (Å²) in [7, 11) is 3.18. The van der Waals surface area contributed by atoms with Crippen LogP contribution in [-0.2, 0) is 11.3 Å². The Balaban J connectivity index is 1.29. The van der Waals surface area contributed by atoms with Crippen molar-refractivity contribution in [3.63, 3.8) is 0 Å². The van der Waals surface area contributed by atoms with Crippen molar-refractivity contribution in [3.8, 4) is 23.3 Å². The summed E-state index contributed by atoms with van der Waals surface area (Å²) in [5, 5.41) is 5.63. The Morgan fingerprint density at radius 2 is 1.77 bits per heavy atom. The predicted molar refractivity (Wildman–Crippen MR) is 135 cm³/mol. The van der Waals surface area contributed by atoms with Crippen molar-refractivity contribution >= 4 is 23.2 Å². The van der Waals surface area contributed by atoms with Crippen LogP contribution in [0.15, 0.2) is 53.9 Å². The van der Waals surface area contributed by atoms with Gasteiger partial charge in [-0.05, 0) is 42.7 Å². The molecule has 1 N–H and O–H groups in total. The molecule has 0 saturated carbocycles. The summed E-state index contributed by atoms with van der Waals surface area (Å²) in [6.45, 7) is 1.60. The number of nitrogens with one attached hydrogen (secondary N) is 1. The molecule has 4 rings (SSSR count). The van der Waals surface area contributed by atoms with Gasteiger partial charge in [-0.3, -0.25) is 9.59 Å². The first-order valence-electron chi connectivity index (χ1n) is 11.4. The van der Waals surface area contributed by atoms with Crippen molar-refractivity contribution < 1.29 is 19.1 Å². The van der Waals surface area contributed by atoms with Crippen LogP contribution in [0.1, 0.15) is 45.4 Å². The fraction of sp³-hybridized carbons (Fsp3) is 0.296. The number of benzene rings is 2. The normalized spacial score (nSPS) is 13.5. The van der Waals surface area contributed by atoms with E-state index in [9.17, 15) is 9.59 Å². The van der Waals surface area contributed by atoms with Crippen molar-refractivity contribution in [3.05, 3.63) is 75.7 Å². The van der Waals surface area contributed by atoms with Crippen LogP contribution in [0.25, 0.3) is 0 Å². The van der Waals surface area contributed by atoms with E-state index in [0.717, 1.165) is 29.0 Å². The first-order chi connectivity index (χ1) is 17.1. The zero-order valence-electron chi connectivity index (χ0n) is 19.7. The van der Waals surface area contributed by atoms with E-state index in [1.54, 1.807) is 30.6 Å². The molecule has 0 radical (unpaired) electrons. The topological polar surface area (TPSA) is 80.8 Å². The Bertz CT molecular complexity index is 1220. The van der Waals surface area contributed by atoms with Crippen LogP contribution < -0.4 is 14.8 Å². The monoisotopic (exact) mass is 489 g/mol. The van der Waals surface area contributed by atoms with E-state index in [0.29, 0.717) is 36.8 Å². The molecule has 0 aliphatic carbocycles. The zero-order valence-corrected chi connectivity index (χ0v) is 20.6. The molecule has 3 aromatic rings. The highest BCUT2D eigenvalue weighted by Gasteiger charge is 2.25. The van der Waals surface area contributed by atoms with Gasteiger partial charge in [-0.1, -0.05) is 24.1 Å². The number of aromatic nitrogens is 1. The number of piperidine rings is 1. The third kappa shape index (κ3) is 6.40. The van der Waals surface area contributed by atoms with E-state index in [1.165, 1.54) is 11.3 Å². The van der Waals surface area contributed by atoms with E-state index < -0.39 is 0 Å². The van der Waals surface area contributed by atoms with Crippen LogP contribution in [0.5, 0.6) is 11.5 Å². The maximum atomic E-state index is 12.7. The van der Waals surface area contributed by atoms with E-state index in [-0.39, 0.29) is 17.7 Å². The lowest BCUT2D eigenvalue weighted by Gasteiger charge is -2.29. The van der Waals surface area contributed by atoms with Crippen LogP contribution in [-0.4, -0.2) is 49.0 Å². The highest BCUT2D eigenvalue weighted by Crippen LogP contribution is 2.30. The van der Waals surface area contributed by atoms with Crippen LogP contribution in [0, 0.1) is 11.8 Å². The summed E-state index contributed by atoms with van der Waals surface area (Å²) in [4.78, 5) is 31.5. The molecule has 2 aromatic carbocycles. The van der Waals surface area contributed by atoms with Gasteiger partial charge in [0.05, 0.1) is 19.2 Å². The van der Waals surface area contributed by atoms with Gasteiger partial charge in [-0.15, -0.1) is 11.3 Å². The molecule has 7 nitrogen and oxygen atoms in total. The number of methoxy groups -OCH3 is 2. The van der Waals surface area contributed by atoms with Crippen molar-refractivity contribution in [1.82, 2.24) is 15.2 Å². The molecule has 1 saturated heterocycles. The summed E-state index contributed by atoms with van der Waals surface area (Å²) in [5.74, 6) is 6.86. The summed E-state index contributed by atoms with van der Waals surface area (Å²) < 4.78 is 10.6. The van der Waals surface area contributed by atoms with Gasteiger partial charge in [0.15, 0.2) is 0 Å². The molecule has 1 aliphatic rings. The van der Waals surface area contributed by atoms with Crippen molar-refractivity contribution in [2.24, 2.45) is 0 Å². The average molecular weight is 490 g/mol. The highest BCUT2D eigenvalue weighted by molar-refractivity contribution is 7.09. The Hall–Kier alpha value is -3.83. The number of carbonyl (C=O) groups is 2. The van der Waals surface area contributed by atoms with Crippen LogP contribution in [0.2, 0.25) is 0 Å². The maximum Gasteiger partial charge on any atom is 0.298 e. The summed E-state index contributed by atoms with van der Waals surface area (Å²) in [5.41, 5.74) is 2.11. The number of thiazole rings is 1. The lowest BCUT2D eigenvalue weighted by atomic mass is 9.97. The van der Waals surface area contributed by atoms with Gasteiger partial charge in [-0.2, -0.15) is 0 Å². The number of ether oxygens (including phenoxy) is 2. The summed E-state index contributed by atoms with van der Waals surface area (Å²) in [6, 6.07) is 15.0. The molecule has 0 atom stereocenters. The van der Waals surface area contributed by atoms with Crippen molar-refractivity contribution in [2.75, 3.05) is 27.3 Å². The standard InChI is InChI=1S/C27H27N3O4S/c1-33-22-14-20(15-23(16-22)34-2)17-28-26(32)24-18-35-27(29-24)21-10-12-30(13-11-21)25(31)9-8-19-6-4-3-5-7-19/h3-7,14-16,18,21H,10-13,17H2,1-2H3,(H,28,32). The average Bonchev–Trinajstić information content (AvgIpc) is 3.41. The van der Waals surface area contributed by atoms with Gasteiger partial charge < -0.3 is 19.7 Å². The van der Waals surface area contributed by atoms with Gasteiger partial charge >= 0.3 is 0 Å². The minimum atomic E-state index is -0.224. The fourth-order valence-corrected chi connectivity index (χ4v) is 4.85. The molecule has 2 heterocycles. The lowest BCUT2D eigenvalue weighted by Crippen LogP contribution is -2.37. The predicted octanol–water partition coefficient (Wildman–Crippen LogP) is 3.85. The lowest BCUT2D eigenvalue weighted by molar-refractivity contribution is -0.126. The van der Waals surface area contributed by atoms with Crippen molar-refractivity contribution in [2.45, 2.75) is 25.3 Å². The Labute approximate surface area is 209 Å². The molecule has 1 aromatic heterocycles. The maximum absolute atomic E-state index is 12.7. The number of hydrogen-bond donors (Lipinski definition) is 1. The fourth-order valence-electron chi connectivity index (χ4n) is 3.88. The Morgan fingerprint density at radius 1 is 1.09 bits per heavy atom. The SMILES string of the molecule is COc1cc(CNC(=O)c2csc(C3CCN(C(=O)C#Cc4ccccc4)CC3)n2)cc(OC)c1. The third-order valence-electron chi connectivity index (χ3n) is 5.84. The molecular weight excluding hydrogens is 462 g/mol. The van der Waals surface area contributed by atoms with Gasteiger partial charge in [0.1, 0.15) is 17.2 Å². The molecular formula is C27H27N3O4S. The van der Waals surface area contributed by atoms with Gasteiger partial charge in [0, 0.05) is 48.5 Å². The van der Waals surface area contributed by atoms with Crippen molar-refractivity contribution in [1.29, 1.82) is 0 Å². The smallest absolute Gasteiger partial charge is 0.298 e. The number of carbonyl (C=O) groups excluding carboxylic acids is 2. The number of rotatable bonds is 6. The van der Waals surface area contributed by atoms with Gasteiger partial charge in [0.25, 0.3) is 11.8 Å². The second kappa shape index (κ2) is 11.5. The molecule has 180 valence electrons. The number of hydrogen-bond acceptors (Lipinski definition) is 6. The second-order valence-electron chi connectivity index (χ2n) is 8.16. The Morgan fingerprint density at radius 3 is 2.43 bits per heavy atom. The number of nitrogens with zero attached hydrogens (tertiary/aromatic N) is 2. The van der Waals surface area contributed by atoms with Crippen LogP contribution >= 0.6 is 11.3 Å². The van der Waals surface area contributed by atoms with E-state index >= 15 is 0 Å². The highest BCUT2D eigenvalue weighted by atomic mass is 32.1. The molecule has 1 aliphatic heterocycles. The van der Waals surface area contributed by atoms with E-state index in [4.69, 9.17) is 9.47 Å². The third-order valence-corrected chi connectivity index (χ3v) is 6.85. The Kier molecular flexibility index (Phi) is 8.01. The first kappa shape index (κ1) is 24.3. The minimum absolute atomic E-state index is 0.152. The van der Waals surface area contributed by atoms with Gasteiger partial charge in [0.2, 0.25) is 0 Å². The number of likely N-dealkylation sites (tertiary alicyclic amines) is 1. The first-order valence-corrected chi connectivity index (χ1v) is 12.2. The summed E-state index contributed by atoms with van der Waals surface area (Å²) in [6.07, 6.45) is 1.61.